The number of hydrogen-bond acceptors (Lipinski definition) is 6. The van der Waals surface area contributed by atoms with Crippen molar-refractivity contribution in [3.8, 4) is 11.3 Å². The third kappa shape index (κ3) is 4.97. The summed E-state index contributed by atoms with van der Waals surface area (Å²) in [6, 6.07) is 9.94. The predicted molar refractivity (Wildman–Crippen MR) is 117 cm³/mol. The molecule has 3 aromatic heterocycles. The molecule has 0 aliphatic heterocycles. The van der Waals surface area contributed by atoms with Crippen molar-refractivity contribution in [2.45, 2.75) is 25.7 Å². The molecule has 3 heterocycles. The molecule has 1 aromatic carbocycles. The fraction of sp³-hybridized carbons (Fsp3) is 0.167. The van der Waals surface area contributed by atoms with E-state index >= 15 is 0 Å². The van der Waals surface area contributed by atoms with Crippen LogP contribution in [0.15, 0.2) is 67.4 Å². The van der Waals surface area contributed by atoms with E-state index in [9.17, 15) is 9.18 Å². The summed E-state index contributed by atoms with van der Waals surface area (Å²) < 4.78 is 13.3. The summed E-state index contributed by atoms with van der Waals surface area (Å²) in [5, 5.41) is 0. The summed E-state index contributed by atoms with van der Waals surface area (Å²) in [6.45, 7) is 2.03. The summed E-state index contributed by atoms with van der Waals surface area (Å²) >= 11 is 0. The Kier molecular flexibility index (Phi) is 6.21. The largest absolute Gasteiger partial charge is 0.366 e. The van der Waals surface area contributed by atoms with Gasteiger partial charge in [0.15, 0.2) is 0 Å². The van der Waals surface area contributed by atoms with Gasteiger partial charge in [-0.05, 0) is 35.7 Å². The van der Waals surface area contributed by atoms with Gasteiger partial charge in [-0.15, -0.1) is 0 Å². The van der Waals surface area contributed by atoms with Crippen LogP contribution in [0.3, 0.4) is 0 Å². The van der Waals surface area contributed by atoms with Crippen molar-refractivity contribution in [3.05, 3.63) is 102 Å². The maximum atomic E-state index is 13.3. The van der Waals surface area contributed by atoms with Gasteiger partial charge in [-0.25, -0.2) is 14.4 Å². The van der Waals surface area contributed by atoms with E-state index in [4.69, 9.17) is 15.7 Å². The van der Waals surface area contributed by atoms with Gasteiger partial charge in [-0.2, -0.15) is 0 Å². The summed E-state index contributed by atoms with van der Waals surface area (Å²) in [7, 11) is 0. The van der Waals surface area contributed by atoms with Crippen molar-refractivity contribution in [2.75, 3.05) is 0 Å². The van der Waals surface area contributed by atoms with Crippen molar-refractivity contribution >= 4 is 5.91 Å². The molecule has 0 fully saturated rings. The Balaban J connectivity index is 1.73. The maximum Gasteiger partial charge on any atom is 0.250 e. The van der Waals surface area contributed by atoms with E-state index < -0.39 is 5.91 Å². The number of nitrogens with zero attached hydrogens (tertiary/aromatic N) is 5. The molecule has 160 valence electrons. The zero-order valence-corrected chi connectivity index (χ0v) is 17.4. The summed E-state index contributed by atoms with van der Waals surface area (Å²) in [5.74, 6) is -0.195. The van der Waals surface area contributed by atoms with Gasteiger partial charge in [-0.1, -0.05) is 19.1 Å². The van der Waals surface area contributed by atoms with E-state index in [0.29, 0.717) is 29.9 Å². The predicted octanol–water partition coefficient (Wildman–Crippen LogP) is 3.50. The van der Waals surface area contributed by atoms with E-state index in [-0.39, 0.29) is 17.3 Å². The molecule has 7 nitrogen and oxygen atoms in total. The van der Waals surface area contributed by atoms with E-state index in [2.05, 4.69) is 15.0 Å². The summed E-state index contributed by atoms with van der Waals surface area (Å²) in [6.07, 6.45) is 8.94. The van der Waals surface area contributed by atoms with Crippen LogP contribution in [0, 0.1) is 5.82 Å². The standard InChI is InChI=1S/C24H21FN6O/c1-15(16-2-4-17(25)5-3-16)10-23-30-18(11-19-13-28-8-9-29-19)12-22(31-23)20-6-7-27-14-21(20)24(26)32/h2-9,12-15H,10-11H2,1H3,(H2,26,32)/t15-/m1/s1. The number of aromatic nitrogens is 5. The molecule has 4 aromatic rings. The monoisotopic (exact) mass is 428 g/mol. The topological polar surface area (TPSA) is 108 Å². The molecular formula is C24H21FN6O. The average molecular weight is 428 g/mol. The van der Waals surface area contributed by atoms with Crippen molar-refractivity contribution in [3.63, 3.8) is 0 Å². The van der Waals surface area contributed by atoms with Gasteiger partial charge in [0.2, 0.25) is 0 Å². The van der Waals surface area contributed by atoms with Gasteiger partial charge in [-0.3, -0.25) is 19.7 Å². The van der Waals surface area contributed by atoms with E-state index in [0.717, 1.165) is 17.0 Å². The van der Waals surface area contributed by atoms with E-state index in [1.807, 2.05) is 13.0 Å². The average Bonchev–Trinajstić information content (AvgIpc) is 2.80. The first kappa shape index (κ1) is 21.2. The molecule has 0 radical (unpaired) electrons. The van der Waals surface area contributed by atoms with Gasteiger partial charge in [0, 0.05) is 49.4 Å². The molecule has 0 saturated carbocycles. The van der Waals surface area contributed by atoms with Crippen molar-refractivity contribution in [1.82, 2.24) is 24.9 Å². The highest BCUT2D eigenvalue weighted by atomic mass is 19.1. The minimum atomic E-state index is -0.580. The molecule has 0 unspecified atom stereocenters. The molecule has 2 N–H and O–H groups in total. The van der Waals surface area contributed by atoms with Crippen LogP contribution in [0.1, 0.15) is 46.0 Å². The molecule has 8 heteroatoms. The minimum Gasteiger partial charge on any atom is -0.366 e. The number of carbonyl (C=O) groups is 1. The second-order valence-electron chi connectivity index (χ2n) is 7.48. The smallest absolute Gasteiger partial charge is 0.250 e. The molecule has 0 saturated heterocycles. The normalized spacial score (nSPS) is 11.8. The van der Waals surface area contributed by atoms with Crippen LogP contribution < -0.4 is 5.73 Å². The fourth-order valence-corrected chi connectivity index (χ4v) is 3.48. The molecule has 32 heavy (non-hydrogen) atoms. The lowest BCUT2D eigenvalue weighted by atomic mass is 9.97. The van der Waals surface area contributed by atoms with E-state index in [1.165, 1.54) is 18.3 Å². The highest BCUT2D eigenvalue weighted by Crippen LogP contribution is 2.25. The lowest BCUT2D eigenvalue weighted by Gasteiger charge is -2.14. The van der Waals surface area contributed by atoms with Crippen molar-refractivity contribution in [1.29, 1.82) is 0 Å². The SMILES string of the molecule is C[C@H](Cc1nc(Cc2cnccn2)cc(-c2ccncc2C(N)=O)n1)c1ccc(F)cc1. The Hall–Kier alpha value is -4.07. The van der Waals surface area contributed by atoms with Crippen molar-refractivity contribution < 1.29 is 9.18 Å². The van der Waals surface area contributed by atoms with Crippen LogP contribution in [-0.2, 0) is 12.8 Å². The van der Waals surface area contributed by atoms with Crippen LogP contribution in [-0.4, -0.2) is 30.8 Å². The molecule has 0 bridgehead atoms. The Morgan fingerprint density at radius 2 is 1.78 bits per heavy atom. The highest BCUT2D eigenvalue weighted by Gasteiger charge is 2.16. The molecule has 4 rings (SSSR count). The van der Waals surface area contributed by atoms with E-state index in [1.54, 1.807) is 43.0 Å². The van der Waals surface area contributed by atoms with Crippen LogP contribution in [0.2, 0.25) is 0 Å². The fourth-order valence-electron chi connectivity index (χ4n) is 3.48. The maximum absolute atomic E-state index is 13.3. The number of primary amides is 1. The lowest BCUT2D eigenvalue weighted by Crippen LogP contribution is -2.14. The first-order valence-corrected chi connectivity index (χ1v) is 10.1. The molecular weight excluding hydrogens is 407 g/mol. The second kappa shape index (κ2) is 9.38. The Bertz CT molecular complexity index is 1230. The Morgan fingerprint density at radius 3 is 2.50 bits per heavy atom. The number of amides is 1. The van der Waals surface area contributed by atoms with Crippen LogP contribution >= 0.6 is 0 Å². The number of carbonyl (C=O) groups excluding carboxylic acids is 1. The van der Waals surface area contributed by atoms with Crippen LogP contribution in [0.25, 0.3) is 11.3 Å². The summed E-state index contributed by atoms with van der Waals surface area (Å²) in [5.41, 5.74) is 9.49. The highest BCUT2D eigenvalue weighted by molar-refractivity contribution is 5.99. The number of benzene rings is 1. The zero-order chi connectivity index (χ0) is 22.5. The van der Waals surface area contributed by atoms with Crippen LogP contribution in [0.4, 0.5) is 4.39 Å². The second-order valence-corrected chi connectivity index (χ2v) is 7.48. The van der Waals surface area contributed by atoms with Crippen LogP contribution in [0.5, 0.6) is 0 Å². The molecule has 0 spiro atoms. The third-order valence-corrected chi connectivity index (χ3v) is 5.09. The molecule has 0 aliphatic rings. The first-order valence-electron chi connectivity index (χ1n) is 10.1. The third-order valence-electron chi connectivity index (χ3n) is 5.09. The lowest BCUT2D eigenvalue weighted by molar-refractivity contribution is 0.100. The van der Waals surface area contributed by atoms with Gasteiger partial charge in [0.05, 0.1) is 22.6 Å². The quantitative estimate of drug-likeness (QED) is 0.483. The molecule has 0 aliphatic carbocycles. The van der Waals surface area contributed by atoms with Gasteiger partial charge in [0.25, 0.3) is 5.91 Å². The number of pyridine rings is 1. The number of nitrogens with two attached hydrogens (primary N) is 1. The zero-order valence-electron chi connectivity index (χ0n) is 17.4. The number of halogens is 1. The first-order chi connectivity index (χ1) is 15.5. The van der Waals surface area contributed by atoms with Gasteiger partial charge < -0.3 is 5.73 Å². The van der Waals surface area contributed by atoms with Gasteiger partial charge in [0.1, 0.15) is 11.6 Å². The van der Waals surface area contributed by atoms with Gasteiger partial charge >= 0.3 is 0 Å². The van der Waals surface area contributed by atoms with Crippen molar-refractivity contribution in [2.24, 2.45) is 5.73 Å². The molecule has 1 amide bonds. The molecule has 1 atom stereocenters. The Labute approximate surface area is 184 Å². The number of hydrogen-bond donors (Lipinski definition) is 1. The minimum absolute atomic E-state index is 0.0586. The Morgan fingerprint density at radius 1 is 1.00 bits per heavy atom. The summed E-state index contributed by atoms with van der Waals surface area (Å²) in [4.78, 5) is 33.8. The number of rotatable bonds is 7.